The molecule has 92 valence electrons. The maximum Gasteiger partial charge on any atom is 0.341 e. The van der Waals surface area contributed by atoms with Gasteiger partial charge in [0.25, 0.3) is 5.88 Å². The van der Waals surface area contributed by atoms with Crippen molar-refractivity contribution in [3.63, 3.8) is 0 Å². The molecule has 0 atom stereocenters. The van der Waals surface area contributed by atoms with Crippen LogP contribution in [-0.2, 0) is 0 Å². The summed E-state index contributed by atoms with van der Waals surface area (Å²) < 4.78 is 5.50. The number of aryl methyl sites for hydroxylation is 2. The molecule has 0 aliphatic heterocycles. The fraction of sp³-hybridized carbons (Fsp3) is 0.154. The van der Waals surface area contributed by atoms with E-state index in [0.29, 0.717) is 5.75 Å². The molecule has 0 saturated carbocycles. The first-order valence-corrected chi connectivity index (χ1v) is 5.38. The van der Waals surface area contributed by atoms with Gasteiger partial charge >= 0.3 is 5.97 Å². The number of nitrogens with zero attached hydrogens (tertiary/aromatic N) is 2. The van der Waals surface area contributed by atoms with Crippen molar-refractivity contribution >= 4 is 5.97 Å². The number of ether oxygens (including phenoxy) is 1. The van der Waals surface area contributed by atoms with E-state index in [1.54, 1.807) is 6.07 Å². The molecule has 0 radical (unpaired) electrons. The van der Waals surface area contributed by atoms with Gasteiger partial charge in [-0.15, -0.1) is 5.10 Å². The molecule has 2 rings (SSSR count). The second-order valence-corrected chi connectivity index (χ2v) is 3.93. The molecule has 0 fully saturated rings. The summed E-state index contributed by atoms with van der Waals surface area (Å²) in [5.41, 5.74) is 2.01. The third-order valence-corrected chi connectivity index (χ3v) is 2.45. The smallest absolute Gasteiger partial charge is 0.341 e. The van der Waals surface area contributed by atoms with Crippen molar-refractivity contribution in [2.45, 2.75) is 13.8 Å². The predicted molar refractivity (Wildman–Crippen MR) is 65.0 cm³/mol. The second-order valence-electron chi connectivity index (χ2n) is 3.93. The van der Waals surface area contributed by atoms with Gasteiger partial charge in [0.1, 0.15) is 11.3 Å². The lowest BCUT2D eigenvalue weighted by Gasteiger charge is -2.09. The molecule has 0 aliphatic carbocycles. The first-order valence-electron chi connectivity index (χ1n) is 5.38. The van der Waals surface area contributed by atoms with Gasteiger partial charge in [-0.25, -0.2) is 4.79 Å². The summed E-state index contributed by atoms with van der Waals surface area (Å²) in [5.74, 6) is -0.523. The zero-order valence-electron chi connectivity index (χ0n) is 10.0. The average Bonchev–Trinajstić information content (AvgIpc) is 2.33. The molecular weight excluding hydrogens is 232 g/mol. The highest BCUT2D eigenvalue weighted by Crippen LogP contribution is 2.26. The number of carboxylic acid groups (broad SMARTS) is 1. The Kier molecular flexibility index (Phi) is 3.23. The van der Waals surface area contributed by atoms with E-state index in [4.69, 9.17) is 9.84 Å². The Morgan fingerprint density at radius 1 is 1.28 bits per heavy atom. The van der Waals surface area contributed by atoms with Crippen LogP contribution in [0.2, 0.25) is 0 Å². The van der Waals surface area contributed by atoms with Crippen molar-refractivity contribution in [2.75, 3.05) is 0 Å². The molecule has 0 unspecified atom stereocenters. The van der Waals surface area contributed by atoms with E-state index >= 15 is 0 Å². The molecule has 2 aromatic rings. The van der Waals surface area contributed by atoms with Gasteiger partial charge in [-0.1, -0.05) is 17.7 Å². The third-order valence-electron chi connectivity index (χ3n) is 2.45. The Morgan fingerprint density at radius 3 is 2.72 bits per heavy atom. The van der Waals surface area contributed by atoms with Crippen molar-refractivity contribution in [1.29, 1.82) is 0 Å². The lowest BCUT2D eigenvalue weighted by Crippen LogP contribution is -2.03. The SMILES string of the molecule is Cc1ccc(Oc2nnccc2C(=O)O)c(C)c1. The van der Waals surface area contributed by atoms with Crippen LogP contribution >= 0.6 is 0 Å². The monoisotopic (exact) mass is 244 g/mol. The van der Waals surface area contributed by atoms with Crippen LogP contribution in [0.15, 0.2) is 30.5 Å². The Bertz CT molecular complexity index is 597. The molecule has 0 spiro atoms. The van der Waals surface area contributed by atoms with Crippen molar-refractivity contribution in [1.82, 2.24) is 10.2 Å². The normalized spacial score (nSPS) is 10.1. The topological polar surface area (TPSA) is 72.3 Å². The van der Waals surface area contributed by atoms with E-state index < -0.39 is 5.97 Å². The number of rotatable bonds is 3. The van der Waals surface area contributed by atoms with Gasteiger partial charge in [-0.2, -0.15) is 5.10 Å². The molecule has 0 saturated heterocycles. The largest absolute Gasteiger partial charge is 0.477 e. The van der Waals surface area contributed by atoms with E-state index in [9.17, 15) is 4.79 Å². The zero-order chi connectivity index (χ0) is 13.1. The minimum atomic E-state index is -1.09. The molecule has 5 heteroatoms. The number of hydrogen-bond donors (Lipinski definition) is 1. The third kappa shape index (κ3) is 2.45. The molecule has 1 N–H and O–H groups in total. The first-order chi connectivity index (χ1) is 8.58. The summed E-state index contributed by atoms with van der Waals surface area (Å²) >= 11 is 0. The Morgan fingerprint density at radius 2 is 2.06 bits per heavy atom. The molecule has 1 heterocycles. The minimum Gasteiger partial charge on any atom is -0.477 e. The number of aromatic nitrogens is 2. The summed E-state index contributed by atoms with van der Waals surface area (Å²) in [6.45, 7) is 3.86. The Hall–Kier alpha value is -2.43. The number of carboxylic acids is 1. The lowest BCUT2D eigenvalue weighted by molar-refractivity contribution is 0.0693. The van der Waals surface area contributed by atoms with E-state index in [2.05, 4.69) is 10.2 Å². The van der Waals surface area contributed by atoms with Crippen LogP contribution in [0.3, 0.4) is 0 Å². The van der Waals surface area contributed by atoms with E-state index in [1.165, 1.54) is 12.3 Å². The highest BCUT2D eigenvalue weighted by molar-refractivity contribution is 5.90. The highest BCUT2D eigenvalue weighted by Gasteiger charge is 2.14. The molecule has 0 bridgehead atoms. The molecular formula is C13H12N2O3. The number of hydrogen-bond acceptors (Lipinski definition) is 4. The van der Waals surface area contributed by atoms with Gasteiger partial charge in [0, 0.05) is 0 Å². The summed E-state index contributed by atoms with van der Waals surface area (Å²) in [7, 11) is 0. The summed E-state index contributed by atoms with van der Waals surface area (Å²) in [4.78, 5) is 11.0. The van der Waals surface area contributed by atoms with E-state index in [-0.39, 0.29) is 11.4 Å². The fourth-order valence-corrected chi connectivity index (χ4v) is 1.57. The first kappa shape index (κ1) is 12.0. The predicted octanol–water partition coefficient (Wildman–Crippen LogP) is 2.58. The van der Waals surface area contributed by atoms with Crippen molar-refractivity contribution in [3.8, 4) is 11.6 Å². The van der Waals surface area contributed by atoms with Crippen LogP contribution in [-0.4, -0.2) is 21.3 Å². The van der Waals surface area contributed by atoms with Gasteiger partial charge in [-0.3, -0.25) is 0 Å². The summed E-state index contributed by atoms with van der Waals surface area (Å²) in [6.07, 6.45) is 1.32. The average molecular weight is 244 g/mol. The van der Waals surface area contributed by atoms with Gasteiger partial charge in [0.15, 0.2) is 0 Å². The van der Waals surface area contributed by atoms with Gasteiger partial charge in [0.05, 0.1) is 6.20 Å². The number of aromatic carboxylic acids is 1. The summed E-state index contributed by atoms with van der Waals surface area (Å²) in [6, 6.07) is 6.98. The lowest BCUT2D eigenvalue weighted by atomic mass is 10.1. The minimum absolute atomic E-state index is 0.00282. The van der Waals surface area contributed by atoms with Gasteiger partial charge in [0.2, 0.25) is 0 Å². The van der Waals surface area contributed by atoms with Crippen LogP contribution in [0.5, 0.6) is 11.6 Å². The van der Waals surface area contributed by atoms with Crippen molar-refractivity contribution in [2.24, 2.45) is 0 Å². The van der Waals surface area contributed by atoms with Crippen molar-refractivity contribution in [3.05, 3.63) is 47.2 Å². The van der Waals surface area contributed by atoms with Crippen LogP contribution < -0.4 is 4.74 Å². The zero-order valence-corrected chi connectivity index (χ0v) is 10.0. The van der Waals surface area contributed by atoms with Crippen LogP contribution in [0, 0.1) is 13.8 Å². The molecule has 0 amide bonds. The second kappa shape index (κ2) is 4.83. The van der Waals surface area contributed by atoms with E-state index in [0.717, 1.165) is 11.1 Å². The molecule has 5 nitrogen and oxygen atoms in total. The summed E-state index contributed by atoms with van der Waals surface area (Å²) in [5, 5.41) is 16.3. The van der Waals surface area contributed by atoms with E-state index in [1.807, 2.05) is 26.0 Å². The maximum absolute atomic E-state index is 11.0. The molecule has 18 heavy (non-hydrogen) atoms. The number of benzene rings is 1. The highest BCUT2D eigenvalue weighted by atomic mass is 16.5. The Labute approximate surface area is 104 Å². The van der Waals surface area contributed by atoms with Gasteiger partial charge < -0.3 is 9.84 Å². The van der Waals surface area contributed by atoms with Crippen LogP contribution in [0.25, 0.3) is 0 Å². The number of carbonyl (C=O) groups is 1. The maximum atomic E-state index is 11.0. The molecule has 0 aliphatic rings. The fourth-order valence-electron chi connectivity index (χ4n) is 1.57. The van der Waals surface area contributed by atoms with Gasteiger partial charge in [-0.05, 0) is 31.5 Å². The van der Waals surface area contributed by atoms with Crippen LogP contribution in [0.4, 0.5) is 0 Å². The molecule has 1 aromatic heterocycles. The Balaban J connectivity index is 2.37. The van der Waals surface area contributed by atoms with Crippen molar-refractivity contribution < 1.29 is 14.6 Å². The van der Waals surface area contributed by atoms with Crippen LogP contribution in [0.1, 0.15) is 21.5 Å². The molecule has 1 aromatic carbocycles. The standard InChI is InChI=1S/C13H12N2O3/c1-8-3-4-11(9(2)7-8)18-12-10(13(16)17)5-6-14-15-12/h3-7H,1-2H3,(H,16,17). The quantitative estimate of drug-likeness (QED) is 0.898.